The molecular formula is C22H22F3N3O4. The van der Waals surface area contributed by atoms with Crippen molar-refractivity contribution in [2.45, 2.75) is 31.7 Å². The summed E-state index contributed by atoms with van der Waals surface area (Å²) in [6, 6.07) is 9.58. The van der Waals surface area contributed by atoms with Crippen molar-refractivity contribution in [2.24, 2.45) is 0 Å². The van der Waals surface area contributed by atoms with E-state index in [2.05, 4.69) is 10.6 Å². The average Bonchev–Trinajstić information content (AvgIpc) is 3.22. The Morgan fingerprint density at radius 2 is 1.94 bits per heavy atom. The van der Waals surface area contributed by atoms with Crippen LogP contribution in [0.4, 0.5) is 13.2 Å². The van der Waals surface area contributed by atoms with Crippen molar-refractivity contribution < 1.29 is 32.2 Å². The van der Waals surface area contributed by atoms with E-state index in [0.29, 0.717) is 30.2 Å². The lowest BCUT2D eigenvalue weighted by molar-refractivity contribution is -0.137. The number of piperazine rings is 1. The molecule has 0 spiro atoms. The lowest BCUT2D eigenvalue weighted by Gasteiger charge is -2.34. The number of carbonyl (C=O) groups excluding carboxylic acids is 2. The second kappa shape index (κ2) is 9.07. The molecule has 2 heterocycles. The summed E-state index contributed by atoms with van der Waals surface area (Å²) in [5.74, 6) is 0.597. The van der Waals surface area contributed by atoms with E-state index >= 15 is 0 Å². The molecule has 1 atom stereocenters. The molecular weight excluding hydrogens is 427 g/mol. The van der Waals surface area contributed by atoms with Crippen LogP contribution in [-0.2, 0) is 28.9 Å². The zero-order valence-electron chi connectivity index (χ0n) is 17.1. The van der Waals surface area contributed by atoms with Gasteiger partial charge in [0.2, 0.25) is 18.6 Å². The van der Waals surface area contributed by atoms with Crippen molar-refractivity contribution in [3.8, 4) is 11.5 Å². The Balaban J connectivity index is 1.38. The second-order valence-electron chi connectivity index (χ2n) is 7.64. The van der Waals surface area contributed by atoms with E-state index in [-0.39, 0.29) is 38.1 Å². The number of benzene rings is 2. The van der Waals surface area contributed by atoms with Crippen LogP contribution < -0.4 is 20.1 Å². The second-order valence-corrected chi connectivity index (χ2v) is 7.64. The number of hydrogen-bond donors (Lipinski definition) is 2. The lowest BCUT2D eigenvalue weighted by Crippen LogP contribution is -2.56. The van der Waals surface area contributed by atoms with Gasteiger partial charge in [0.1, 0.15) is 0 Å². The Morgan fingerprint density at radius 3 is 2.75 bits per heavy atom. The van der Waals surface area contributed by atoms with E-state index in [0.717, 1.165) is 17.7 Å². The van der Waals surface area contributed by atoms with Gasteiger partial charge in [-0.15, -0.1) is 0 Å². The maximum Gasteiger partial charge on any atom is 0.416 e. The highest BCUT2D eigenvalue weighted by atomic mass is 19.4. The molecule has 7 nitrogen and oxygen atoms in total. The van der Waals surface area contributed by atoms with Gasteiger partial charge >= 0.3 is 6.18 Å². The SMILES string of the molecule is O=C(CC1C(=O)NCCN1Cc1cccc(C(F)(F)F)c1)NCc1ccc2c(c1)OCO2. The number of alkyl halides is 3. The number of carbonyl (C=O) groups is 2. The molecule has 2 N–H and O–H groups in total. The molecule has 10 heteroatoms. The fraction of sp³-hybridized carbons (Fsp3) is 0.364. The van der Waals surface area contributed by atoms with Gasteiger partial charge in [0.25, 0.3) is 0 Å². The topological polar surface area (TPSA) is 79.9 Å². The number of amides is 2. The standard InChI is InChI=1S/C22H22F3N3O4/c23-22(24,25)16-3-1-2-15(8-16)12-28-7-6-26-21(30)17(28)10-20(29)27-11-14-4-5-18-19(9-14)32-13-31-18/h1-5,8-9,17H,6-7,10-13H2,(H,26,30)(H,27,29). The van der Waals surface area contributed by atoms with E-state index in [1.54, 1.807) is 29.2 Å². The number of hydrogen-bond acceptors (Lipinski definition) is 5. The molecule has 170 valence electrons. The summed E-state index contributed by atoms with van der Waals surface area (Å²) in [5, 5.41) is 5.50. The monoisotopic (exact) mass is 449 g/mol. The zero-order chi connectivity index (χ0) is 22.7. The normalized spacial score (nSPS) is 18.3. The first kappa shape index (κ1) is 21.9. The third kappa shape index (κ3) is 5.13. The van der Waals surface area contributed by atoms with Crippen molar-refractivity contribution in [3.05, 3.63) is 59.2 Å². The third-order valence-electron chi connectivity index (χ3n) is 5.39. The Labute approximate surface area is 182 Å². The minimum Gasteiger partial charge on any atom is -0.454 e. The molecule has 2 amide bonds. The minimum atomic E-state index is -4.44. The van der Waals surface area contributed by atoms with Gasteiger partial charge in [-0.25, -0.2) is 0 Å². The first-order valence-corrected chi connectivity index (χ1v) is 10.1. The molecule has 1 fully saturated rings. The van der Waals surface area contributed by atoms with E-state index in [1.165, 1.54) is 6.07 Å². The molecule has 0 aliphatic carbocycles. The zero-order valence-corrected chi connectivity index (χ0v) is 17.1. The summed E-state index contributed by atoms with van der Waals surface area (Å²) < 4.78 is 49.6. The van der Waals surface area contributed by atoms with E-state index < -0.39 is 17.8 Å². The number of nitrogens with zero attached hydrogens (tertiary/aromatic N) is 1. The molecule has 2 aromatic rings. The summed E-state index contributed by atoms with van der Waals surface area (Å²) >= 11 is 0. The summed E-state index contributed by atoms with van der Waals surface area (Å²) in [5.41, 5.74) is 0.506. The minimum absolute atomic E-state index is 0.102. The van der Waals surface area contributed by atoms with Gasteiger partial charge in [-0.3, -0.25) is 14.5 Å². The fourth-order valence-electron chi connectivity index (χ4n) is 3.75. The van der Waals surface area contributed by atoms with Gasteiger partial charge in [-0.05, 0) is 29.3 Å². The number of nitrogens with one attached hydrogen (secondary N) is 2. The molecule has 2 aliphatic rings. The van der Waals surface area contributed by atoms with Crippen molar-refractivity contribution in [2.75, 3.05) is 19.9 Å². The molecule has 32 heavy (non-hydrogen) atoms. The molecule has 2 aromatic carbocycles. The quantitative estimate of drug-likeness (QED) is 0.708. The summed E-state index contributed by atoms with van der Waals surface area (Å²) in [6.07, 6.45) is -4.54. The highest BCUT2D eigenvalue weighted by Crippen LogP contribution is 2.32. The van der Waals surface area contributed by atoms with Crippen LogP contribution in [0, 0.1) is 0 Å². The van der Waals surface area contributed by atoms with Gasteiger partial charge in [-0.2, -0.15) is 13.2 Å². The molecule has 1 unspecified atom stereocenters. The maximum atomic E-state index is 13.0. The lowest BCUT2D eigenvalue weighted by atomic mass is 10.0. The molecule has 0 saturated carbocycles. The van der Waals surface area contributed by atoms with Gasteiger partial charge < -0.3 is 20.1 Å². The maximum absolute atomic E-state index is 13.0. The predicted molar refractivity (Wildman–Crippen MR) is 108 cm³/mol. The van der Waals surface area contributed by atoms with Crippen molar-refractivity contribution in [1.82, 2.24) is 15.5 Å². The Bertz CT molecular complexity index is 1010. The molecule has 0 radical (unpaired) electrons. The smallest absolute Gasteiger partial charge is 0.416 e. The van der Waals surface area contributed by atoms with Crippen LogP contribution in [0.1, 0.15) is 23.1 Å². The Hall–Kier alpha value is -3.27. The third-order valence-corrected chi connectivity index (χ3v) is 5.39. The first-order chi connectivity index (χ1) is 15.3. The van der Waals surface area contributed by atoms with Crippen molar-refractivity contribution >= 4 is 11.8 Å². The molecule has 0 bridgehead atoms. The van der Waals surface area contributed by atoms with Gasteiger partial charge in [0.15, 0.2) is 11.5 Å². The Kier molecular flexibility index (Phi) is 6.22. The van der Waals surface area contributed by atoms with E-state index in [9.17, 15) is 22.8 Å². The average molecular weight is 449 g/mol. The van der Waals surface area contributed by atoms with Crippen molar-refractivity contribution in [3.63, 3.8) is 0 Å². The van der Waals surface area contributed by atoms with Crippen LogP contribution >= 0.6 is 0 Å². The Morgan fingerprint density at radius 1 is 1.12 bits per heavy atom. The van der Waals surface area contributed by atoms with Gasteiger partial charge in [-0.1, -0.05) is 24.3 Å². The molecule has 2 aliphatic heterocycles. The van der Waals surface area contributed by atoms with Gasteiger partial charge in [0, 0.05) is 26.2 Å². The summed E-state index contributed by atoms with van der Waals surface area (Å²) in [4.78, 5) is 26.7. The largest absolute Gasteiger partial charge is 0.454 e. The van der Waals surface area contributed by atoms with Crippen LogP contribution in [0.5, 0.6) is 11.5 Å². The molecule has 4 rings (SSSR count). The highest BCUT2D eigenvalue weighted by Gasteiger charge is 2.33. The summed E-state index contributed by atoms with van der Waals surface area (Å²) in [7, 11) is 0. The van der Waals surface area contributed by atoms with Crippen LogP contribution in [0.25, 0.3) is 0 Å². The number of halogens is 3. The first-order valence-electron chi connectivity index (χ1n) is 10.1. The molecule has 1 saturated heterocycles. The highest BCUT2D eigenvalue weighted by molar-refractivity contribution is 5.88. The predicted octanol–water partition coefficient (Wildman–Crippen LogP) is 2.44. The van der Waals surface area contributed by atoms with Crippen LogP contribution in [0.2, 0.25) is 0 Å². The van der Waals surface area contributed by atoms with Crippen LogP contribution in [0.3, 0.4) is 0 Å². The number of rotatable bonds is 6. The number of fused-ring (bicyclic) bond motifs is 1. The van der Waals surface area contributed by atoms with E-state index in [1.807, 2.05) is 0 Å². The summed E-state index contributed by atoms with van der Waals surface area (Å²) in [6.45, 7) is 1.34. The van der Waals surface area contributed by atoms with Crippen LogP contribution in [0.15, 0.2) is 42.5 Å². The fourth-order valence-corrected chi connectivity index (χ4v) is 3.75. The van der Waals surface area contributed by atoms with E-state index in [4.69, 9.17) is 9.47 Å². The van der Waals surface area contributed by atoms with Crippen LogP contribution in [-0.4, -0.2) is 42.6 Å². The molecule has 0 aromatic heterocycles. The van der Waals surface area contributed by atoms with Gasteiger partial charge in [0.05, 0.1) is 18.0 Å². The van der Waals surface area contributed by atoms with Crippen molar-refractivity contribution in [1.29, 1.82) is 0 Å². The number of ether oxygens (including phenoxy) is 2.